The van der Waals surface area contributed by atoms with Crippen LogP contribution in [0.3, 0.4) is 0 Å². The van der Waals surface area contributed by atoms with Crippen molar-refractivity contribution in [2.45, 2.75) is 38.6 Å². The van der Waals surface area contributed by atoms with E-state index in [1.807, 2.05) is 12.1 Å². The molecule has 1 fully saturated rings. The summed E-state index contributed by atoms with van der Waals surface area (Å²) >= 11 is 3.58. The summed E-state index contributed by atoms with van der Waals surface area (Å²) in [5.74, 6) is 0.631. The van der Waals surface area contributed by atoms with E-state index in [9.17, 15) is 4.79 Å². The summed E-state index contributed by atoms with van der Waals surface area (Å²) in [6.07, 6.45) is 2.49. The van der Waals surface area contributed by atoms with Gasteiger partial charge < -0.3 is 5.32 Å². The highest BCUT2D eigenvalue weighted by molar-refractivity contribution is 9.10. The number of rotatable bonds is 3. The van der Waals surface area contributed by atoms with E-state index >= 15 is 0 Å². The number of benzene rings is 1. The number of amides is 1. The molecule has 1 N–H and O–H groups in total. The lowest BCUT2D eigenvalue weighted by atomic mass is 9.80. The molecule has 92 valence electrons. The summed E-state index contributed by atoms with van der Waals surface area (Å²) in [7, 11) is 0. The van der Waals surface area contributed by atoms with Gasteiger partial charge in [-0.3, -0.25) is 4.79 Å². The predicted molar refractivity (Wildman–Crippen MR) is 72.8 cm³/mol. The van der Waals surface area contributed by atoms with Gasteiger partial charge in [0.15, 0.2) is 0 Å². The molecule has 2 nitrogen and oxygen atoms in total. The molecule has 3 heteroatoms. The molecule has 0 radical (unpaired) electrons. The van der Waals surface area contributed by atoms with Crippen molar-refractivity contribution in [3.63, 3.8) is 0 Å². The van der Waals surface area contributed by atoms with Crippen molar-refractivity contribution < 1.29 is 4.79 Å². The Morgan fingerprint density at radius 2 is 2.12 bits per heavy atom. The van der Waals surface area contributed by atoms with Gasteiger partial charge in [0.25, 0.3) is 0 Å². The molecule has 2 rings (SSSR count). The quantitative estimate of drug-likeness (QED) is 0.911. The summed E-state index contributed by atoms with van der Waals surface area (Å²) in [5.41, 5.74) is 1.20. The van der Waals surface area contributed by atoms with Gasteiger partial charge in [-0.2, -0.15) is 0 Å². The smallest absolute Gasteiger partial charge is 0.220 e. The Morgan fingerprint density at radius 1 is 1.41 bits per heavy atom. The van der Waals surface area contributed by atoms with Crippen LogP contribution in [0.2, 0.25) is 0 Å². The van der Waals surface area contributed by atoms with Gasteiger partial charge in [0.05, 0.1) is 0 Å². The van der Waals surface area contributed by atoms with Gasteiger partial charge in [-0.05, 0) is 30.4 Å². The fourth-order valence-electron chi connectivity index (χ4n) is 2.49. The molecule has 1 amide bonds. The molecule has 0 bridgehead atoms. The van der Waals surface area contributed by atoms with E-state index < -0.39 is 0 Å². The summed E-state index contributed by atoms with van der Waals surface area (Å²) in [5, 5.41) is 3.18. The highest BCUT2D eigenvalue weighted by Crippen LogP contribution is 2.33. The van der Waals surface area contributed by atoms with Gasteiger partial charge in [0.1, 0.15) is 0 Å². The van der Waals surface area contributed by atoms with Gasteiger partial charge in [0, 0.05) is 16.4 Å². The molecule has 1 aromatic carbocycles. The second-order valence-corrected chi connectivity index (χ2v) is 5.98. The van der Waals surface area contributed by atoms with Crippen molar-refractivity contribution in [2.24, 2.45) is 5.92 Å². The Labute approximate surface area is 111 Å². The molecule has 1 unspecified atom stereocenters. The molecule has 1 heterocycles. The number of carbonyl (C=O) groups is 1. The molecule has 0 spiro atoms. The van der Waals surface area contributed by atoms with Gasteiger partial charge >= 0.3 is 0 Å². The van der Waals surface area contributed by atoms with Crippen LogP contribution in [0.25, 0.3) is 0 Å². The van der Waals surface area contributed by atoms with Crippen molar-refractivity contribution in [1.29, 1.82) is 0 Å². The second-order valence-electron chi connectivity index (χ2n) is 5.13. The molecule has 1 aliphatic heterocycles. The maximum atomic E-state index is 11.5. The minimum Gasteiger partial charge on any atom is -0.350 e. The molecule has 0 aromatic heterocycles. The van der Waals surface area contributed by atoms with Crippen LogP contribution in [0.4, 0.5) is 0 Å². The summed E-state index contributed by atoms with van der Waals surface area (Å²) < 4.78 is 1.13. The Bertz CT molecular complexity index is 430. The first-order valence-electron chi connectivity index (χ1n) is 6.08. The van der Waals surface area contributed by atoms with Crippen LogP contribution in [0.15, 0.2) is 28.7 Å². The summed E-state index contributed by atoms with van der Waals surface area (Å²) in [6, 6.07) is 8.24. The molecule has 0 saturated carbocycles. The second kappa shape index (κ2) is 4.81. The average molecular weight is 296 g/mol. The highest BCUT2D eigenvalue weighted by atomic mass is 79.9. The normalized spacial score (nSPS) is 24.1. The number of carbonyl (C=O) groups excluding carboxylic acids is 1. The van der Waals surface area contributed by atoms with Gasteiger partial charge in [-0.25, -0.2) is 0 Å². The summed E-state index contributed by atoms with van der Waals surface area (Å²) in [6.45, 7) is 4.37. The van der Waals surface area contributed by atoms with Crippen LogP contribution in [-0.4, -0.2) is 11.4 Å². The summed E-state index contributed by atoms with van der Waals surface area (Å²) in [4.78, 5) is 11.5. The lowest BCUT2D eigenvalue weighted by Gasteiger charge is -2.34. The zero-order chi connectivity index (χ0) is 12.5. The standard InChI is InChI=1S/C14H18BrNO/c1-10(2)14(8-7-13(17)16-14)9-11-5-3-4-6-12(11)15/h3-6,10H,7-9H2,1-2H3,(H,16,17). The third kappa shape index (κ3) is 2.54. The molecule has 17 heavy (non-hydrogen) atoms. The number of halogens is 1. The molecule has 1 aromatic rings. The van der Waals surface area contributed by atoms with Gasteiger partial charge in [0.2, 0.25) is 5.91 Å². The number of hydrogen-bond acceptors (Lipinski definition) is 1. The van der Waals surface area contributed by atoms with Gasteiger partial charge in [-0.1, -0.05) is 48.0 Å². The zero-order valence-electron chi connectivity index (χ0n) is 10.3. The Morgan fingerprint density at radius 3 is 2.65 bits per heavy atom. The van der Waals surface area contributed by atoms with Crippen LogP contribution >= 0.6 is 15.9 Å². The minimum absolute atomic E-state index is 0.0685. The van der Waals surface area contributed by atoms with Crippen molar-refractivity contribution >= 4 is 21.8 Å². The Kier molecular flexibility index (Phi) is 3.57. The fourth-order valence-corrected chi connectivity index (χ4v) is 2.92. The van der Waals surface area contributed by atoms with Crippen LogP contribution in [0.1, 0.15) is 32.3 Å². The van der Waals surface area contributed by atoms with Crippen LogP contribution in [-0.2, 0) is 11.2 Å². The highest BCUT2D eigenvalue weighted by Gasteiger charge is 2.40. The van der Waals surface area contributed by atoms with E-state index in [1.165, 1.54) is 5.56 Å². The van der Waals surface area contributed by atoms with Crippen LogP contribution in [0, 0.1) is 5.92 Å². The third-order valence-corrected chi connectivity index (χ3v) is 4.53. The number of nitrogens with one attached hydrogen (secondary N) is 1. The third-order valence-electron chi connectivity index (χ3n) is 3.76. The Balaban J connectivity index is 2.25. The molecule has 1 atom stereocenters. The maximum Gasteiger partial charge on any atom is 0.220 e. The van der Waals surface area contributed by atoms with Crippen LogP contribution in [0.5, 0.6) is 0 Å². The number of hydrogen-bond donors (Lipinski definition) is 1. The van der Waals surface area contributed by atoms with Gasteiger partial charge in [-0.15, -0.1) is 0 Å². The minimum atomic E-state index is -0.0685. The lowest BCUT2D eigenvalue weighted by Crippen LogP contribution is -2.48. The topological polar surface area (TPSA) is 29.1 Å². The van der Waals surface area contributed by atoms with Crippen molar-refractivity contribution in [3.8, 4) is 0 Å². The molecule has 1 aliphatic rings. The first-order valence-corrected chi connectivity index (χ1v) is 6.87. The lowest BCUT2D eigenvalue weighted by molar-refractivity contribution is -0.120. The maximum absolute atomic E-state index is 11.5. The van der Waals surface area contributed by atoms with E-state index in [4.69, 9.17) is 0 Å². The molecule has 1 saturated heterocycles. The van der Waals surface area contributed by atoms with Crippen molar-refractivity contribution in [2.75, 3.05) is 0 Å². The van der Waals surface area contributed by atoms with E-state index in [-0.39, 0.29) is 11.4 Å². The molecular formula is C14H18BrNO. The predicted octanol–water partition coefficient (Wildman–Crippen LogP) is 3.30. The van der Waals surface area contributed by atoms with Crippen molar-refractivity contribution in [1.82, 2.24) is 5.32 Å². The molecular weight excluding hydrogens is 278 g/mol. The van der Waals surface area contributed by atoms with E-state index in [2.05, 4.69) is 47.2 Å². The fraction of sp³-hybridized carbons (Fsp3) is 0.500. The largest absolute Gasteiger partial charge is 0.350 e. The van der Waals surface area contributed by atoms with Crippen molar-refractivity contribution in [3.05, 3.63) is 34.3 Å². The monoisotopic (exact) mass is 295 g/mol. The van der Waals surface area contributed by atoms with E-state index in [1.54, 1.807) is 0 Å². The van der Waals surface area contributed by atoms with Crippen LogP contribution < -0.4 is 5.32 Å². The first-order chi connectivity index (χ1) is 8.03. The van der Waals surface area contributed by atoms with E-state index in [0.717, 1.165) is 17.3 Å². The SMILES string of the molecule is CC(C)C1(Cc2ccccc2Br)CCC(=O)N1. The average Bonchev–Trinajstić information content (AvgIpc) is 2.65. The molecule has 0 aliphatic carbocycles. The van der Waals surface area contributed by atoms with E-state index in [0.29, 0.717) is 12.3 Å². The Hall–Kier alpha value is -0.830. The zero-order valence-corrected chi connectivity index (χ0v) is 11.9. The first kappa shape index (κ1) is 12.6.